The summed E-state index contributed by atoms with van der Waals surface area (Å²) in [4.78, 5) is 2.61. The molecule has 1 aromatic carbocycles. The number of hydrogen-bond donors (Lipinski definition) is 1. The second-order valence-electron chi connectivity index (χ2n) is 6.06. The molecule has 3 nitrogen and oxygen atoms in total. The van der Waals surface area contributed by atoms with E-state index >= 15 is 0 Å². The molecule has 20 heavy (non-hydrogen) atoms. The molecule has 2 atom stereocenters. The molecule has 2 saturated heterocycles. The summed E-state index contributed by atoms with van der Waals surface area (Å²) in [5.41, 5.74) is 7.30. The number of ether oxygens (including phenoxy) is 1. The molecule has 2 heterocycles. The molecule has 0 aromatic heterocycles. The minimum Gasteiger partial charge on any atom is -0.496 e. The lowest BCUT2D eigenvalue weighted by Gasteiger charge is -2.48. The number of hydrogen-bond acceptors (Lipinski definition) is 3. The lowest BCUT2D eigenvalue weighted by atomic mass is 9.82. The van der Waals surface area contributed by atoms with Crippen LogP contribution in [0.4, 0.5) is 0 Å². The Bertz CT molecular complexity index is 466. The quantitative estimate of drug-likeness (QED) is 0.930. The Morgan fingerprint density at radius 2 is 2.00 bits per heavy atom. The number of halogens is 1. The van der Waals surface area contributed by atoms with Gasteiger partial charge in [-0.3, -0.25) is 4.90 Å². The van der Waals surface area contributed by atoms with Gasteiger partial charge in [0.25, 0.3) is 0 Å². The van der Waals surface area contributed by atoms with Crippen LogP contribution in [0.1, 0.15) is 37.7 Å². The van der Waals surface area contributed by atoms with E-state index in [9.17, 15) is 0 Å². The molecule has 2 aliphatic rings. The van der Waals surface area contributed by atoms with Crippen molar-refractivity contribution >= 4 is 11.6 Å². The van der Waals surface area contributed by atoms with Crippen molar-refractivity contribution in [2.75, 3.05) is 7.11 Å². The smallest absolute Gasteiger partial charge is 0.124 e. The zero-order valence-electron chi connectivity index (χ0n) is 12.0. The highest BCUT2D eigenvalue weighted by molar-refractivity contribution is 6.31. The van der Waals surface area contributed by atoms with Crippen molar-refractivity contribution in [3.8, 4) is 5.75 Å². The molecule has 0 radical (unpaired) electrons. The van der Waals surface area contributed by atoms with Gasteiger partial charge >= 0.3 is 0 Å². The summed E-state index contributed by atoms with van der Waals surface area (Å²) in [6.07, 6.45) is 6.08. The molecule has 2 fully saturated rings. The Balaban J connectivity index is 1.84. The van der Waals surface area contributed by atoms with Gasteiger partial charge < -0.3 is 10.5 Å². The highest BCUT2D eigenvalue weighted by Crippen LogP contribution is 2.37. The van der Waals surface area contributed by atoms with Gasteiger partial charge in [-0.25, -0.2) is 0 Å². The van der Waals surface area contributed by atoms with Crippen molar-refractivity contribution in [2.45, 2.75) is 56.8 Å². The number of nitrogens with zero attached hydrogens (tertiary/aromatic N) is 1. The lowest BCUT2D eigenvalue weighted by Crippen LogP contribution is -2.54. The van der Waals surface area contributed by atoms with Crippen LogP contribution in [0.2, 0.25) is 5.02 Å². The first kappa shape index (κ1) is 14.2. The zero-order valence-corrected chi connectivity index (χ0v) is 12.8. The van der Waals surface area contributed by atoms with Crippen LogP contribution < -0.4 is 10.5 Å². The Hall–Kier alpha value is -0.770. The van der Waals surface area contributed by atoms with Crippen LogP contribution in [0.15, 0.2) is 18.2 Å². The van der Waals surface area contributed by atoms with E-state index in [0.717, 1.165) is 35.7 Å². The lowest BCUT2D eigenvalue weighted by molar-refractivity contribution is 0.0240. The Morgan fingerprint density at radius 1 is 1.30 bits per heavy atom. The highest BCUT2D eigenvalue weighted by Gasteiger charge is 2.37. The Labute approximate surface area is 126 Å². The van der Waals surface area contributed by atoms with E-state index in [4.69, 9.17) is 22.1 Å². The average molecular weight is 295 g/mol. The van der Waals surface area contributed by atoms with E-state index in [1.54, 1.807) is 7.11 Å². The van der Waals surface area contributed by atoms with E-state index in [0.29, 0.717) is 18.1 Å². The van der Waals surface area contributed by atoms with Crippen molar-refractivity contribution in [1.82, 2.24) is 4.90 Å². The Morgan fingerprint density at radius 3 is 2.65 bits per heavy atom. The van der Waals surface area contributed by atoms with E-state index in [1.165, 1.54) is 19.3 Å². The van der Waals surface area contributed by atoms with Gasteiger partial charge in [0, 0.05) is 35.3 Å². The molecular formula is C16H23ClN2O. The average Bonchev–Trinajstić information content (AvgIpc) is 2.41. The highest BCUT2D eigenvalue weighted by atomic mass is 35.5. The summed E-state index contributed by atoms with van der Waals surface area (Å²) in [6, 6.07) is 7.47. The zero-order chi connectivity index (χ0) is 14.1. The molecule has 4 heteroatoms. The fourth-order valence-electron chi connectivity index (χ4n) is 3.84. The first-order valence-corrected chi connectivity index (χ1v) is 7.89. The van der Waals surface area contributed by atoms with Crippen LogP contribution in [0, 0.1) is 0 Å². The van der Waals surface area contributed by atoms with Crippen LogP contribution in [0.25, 0.3) is 0 Å². The monoisotopic (exact) mass is 294 g/mol. The second-order valence-corrected chi connectivity index (χ2v) is 6.47. The third-order valence-corrected chi connectivity index (χ3v) is 5.15. The van der Waals surface area contributed by atoms with Gasteiger partial charge in [0.1, 0.15) is 5.75 Å². The number of methoxy groups -OCH3 is 1. The Kier molecular flexibility index (Phi) is 4.20. The number of nitrogens with two attached hydrogens (primary N) is 1. The molecule has 3 rings (SSSR count). The first-order valence-electron chi connectivity index (χ1n) is 7.51. The summed E-state index contributed by atoms with van der Waals surface area (Å²) >= 11 is 6.38. The largest absolute Gasteiger partial charge is 0.496 e. The minimum absolute atomic E-state index is 0.370. The van der Waals surface area contributed by atoms with E-state index in [2.05, 4.69) is 4.90 Å². The first-order chi connectivity index (χ1) is 9.69. The summed E-state index contributed by atoms with van der Waals surface area (Å²) in [5.74, 6) is 0.894. The van der Waals surface area contributed by atoms with Crippen molar-refractivity contribution in [3.63, 3.8) is 0 Å². The maximum atomic E-state index is 6.38. The van der Waals surface area contributed by atoms with Crippen LogP contribution in [-0.2, 0) is 6.54 Å². The van der Waals surface area contributed by atoms with Crippen LogP contribution >= 0.6 is 11.6 Å². The standard InChI is InChI=1S/C16H23ClN2O/c1-20-16-7-3-6-15(17)14(16)10-19-12-4-2-5-13(19)9-11(18)8-12/h3,6-7,11-13H,2,4-5,8-10,18H2,1H3. The number of fused-ring (bicyclic) bond motifs is 2. The van der Waals surface area contributed by atoms with Gasteiger partial charge in [-0.1, -0.05) is 24.1 Å². The van der Waals surface area contributed by atoms with Crippen LogP contribution in [-0.4, -0.2) is 30.1 Å². The normalized spacial score (nSPS) is 30.2. The predicted molar refractivity (Wildman–Crippen MR) is 82.2 cm³/mol. The molecule has 0 spiro atoms. The van der Waals surface area contributed by atoms with Crippen molar-refractivity contribution in [1.29, 1.82) is 0 Å². The fraction of sp³-hybridized carbons (Fsp3) is 0.625. The minimum atomic E-state index is 0.370. The maximum absolute atomic E-state index is 6.38. The van der Waals surface area contributed by atoms with Crippen LogP contribution in [0.5, 0.6) is 5.75 Å². The SMILES string of the molecule is COc1cccc(Cl)c1CN1C2CCCC1CC(N)C2. The summed E-state index contributed by atoms with van der Waals surface area (Å²) in [6.45, 7) is 0.880. The molecule has 0 aliphatic carbocycles. The van der Waals surface area contributed by atoms with Crippen molar-refractivity contribution in [3.05, 3.63) is 28.8 Å². The molecule has 2 N–H and O–H groups in total. The van der Waals surface area contributed by atoms with Gasteiger partial charge in [0.05, 0.1) is 7.11 Å². The predicted octanol–water partition coefficient (Wildman–Crippen LogP) is 3.19. The molecule has 110 valence electrons. The van der Waals surface area contributed by atoms with E-state index < -0.39 is 0 Å². The number of benzene rings is 1. The van der Waals surface area contributed by atoms with Crippen molar-refractivity contribution in [2.24, 2.45) is 5.73 Å². The van der Waals surface area contributed by atoms with Gasteiger partial charge in [-0.05, 0) is 37.8 Å². The number of piperidine rings is 2. The van der Waals surface area contributed by atoms with Crippen LogP contribution in [0.3, 0.4) is 0 Å². The van der Waals surface area contributed by atoms with Gasteiger partial charge in [0.15, 0.2) is 0 Å². The van der Waals surface area contributed by atoms with Gasteiger partial charge in [0.2, 0.25) is 0 Å². The molecule has 2 unspecified atom stereocenters. The van der Waals surface area contributed by atoms with E-state index in [1.807, 2.05) is 18.2 Å². The third kappa shape index (κ3) is 2.67. The van der Waals surface area contributed by atoms with Gasteiger partial charge in [-0.15, -0.1) is 0 Å². The summed E-state index contributed by atoms with van der Waals surface area (Å²) < 4.78 is 5.48. The van der Waals surface area contributed by atoms with Gasteiger partial charge in [-0.2, -0.15) is 0 Å². The summed E-state index contributed by atoms with van der Waals surface area (Å²) in [5, 5.41) is 0.803. The number of rotatable bonds is 3. The van der Waals surface area contributed by atoms with E-state index in [-0.39, 0.29) is 0 Å². The maximum Gasteiger partial charge on any atom is 0.124 e. The molecule has 2 aliphatic heterocycles. The second kappa shape index (κ2) is 5.92. The molecule has 0 saturated carbocycles. The molecule has 1 aromatic rings. The fourth-order valence-corrected chi connectivity index (χ4v) is 4.07. The van der Waals surface area contributed by atoms with Crippen molar-refractivity contribution < 1.29 is 4.74 Å². The molecular weight excluding hydrogens is 272 g/mol. The summed E-state index contributed by atoms with van der Waals surface area (Å²) in [7, 11) is 1.71. The third-order valence-electron chi connectivity index (χ3n) is 4.80. The molecule has 0 amide bonds. The topological polar surface area (TPSA) is 38.5 Å². The molecule has 2 bridgehead atoms.